The molecule has 2 aromatic rings. The summed E-state index contributed by atoms with van der Waals surface area (Å²) >= 11 is 0. The second kappa shape index (κ2) is 10.7. The lowest BCUT2D eigenvalue weighted by atomic mass is 10.2. The number of benzene rings is 1. The number of amides is 1. The quantitative estimate of drug-likeness (QED) is 0.503. The number of ether oxygens (including phenoxy) is 2. The van der Waals surface area contributed by atoms with Gasteiger partial charge in [0.15, 0.2) is 11.5 Å². The van der Waals surface area contributed by atoms with Gasteiger partial charge < -0.3 is 20.1 Å². The average Bonchev–Trinajstić information content (AvgIpc) is 2.66. The van der Waals surface area contributed by atoms with Crippen molar-refractivity contribution in [3.8, 4) is 11.5 Å². The zero-order valence-electron chi connectivity index (χ0n) is 15.1. The molecule has 1 aromatic heterocycles. The van der Waals surface area contributed by atoms with Gasteiger partial charge >= 0.3 is 0 Å². The van der Waals surface area contributed by atoms with Crippen molar-refractivity contribution in [2.45, 2.75) is 13.8 Å². The molecule has 0 radical (unpaired) electrons. The fourth-order valence-electron chi connectivity index (χ4n) is 2.15. The highest BCUT2D eigenvalue weighted by atomic mass is 16.5. The van der Waals surface area contributed by atoms with E-state index < -0.39 is 0 Å². The van der Waals surface area contributed by atoms with Gasteiger partial charge in [-0.1, -0.05) is 6.07 Å². The van der Waals surface area contributed by atoms with Gasteiger partial charge in [-0.2, -0.15) is 0 Å². The number of hydrogen-bond acceptors (Lipinski definition) is 6. The molecule has 26 heavy (non-hydrogen) atoms. The van der Waals surface area contributed by atoms with Crippen LogP contribution in [0.2, 0.25) is 0 Å². The number of nitrogens with zero attached hydrogens (tertiary/aromatic N) is 2. The molecule has 0 unspecified atom stereocenters. The minimum absolute atomic E-state index is 0.173. The summed E-state index contributed by atoms with van der Waals surface area (Å²) in [5, 5.41) is 5.82. The molecule has 0 bridgehead atoms. The predicted octanol–water partition coefficient (Wildman–Crippen LogP) is 2.52. The van der Waals surface area contributed by atoms with Crippen molar-refractivity contribution in [3.05, 3.63) is 48.3 Å². The van der Waals surface area contributed by atoms with Crippen LogP contribution in [0.15, 0.2) is 42.7 Å². The summed E-state index contributed by atoms with van der Waals surface area (Å²) in [7, 11) is 0. The molecule has 0 fully saturated rings. The molecular formula is C19H24N4O3. The molecule has 2 rings (SSSR count). The molecule has 0 saturated heterocycles. The molecule has 1 heterocycles. The van der Waals surface area contributed by atoms with Crippen molar-refractivity contribution >= 4 is 17.9 Å². The Kier molecular flexibility index (Phi) is 7.92. The monoisotopic (exact) mass is 356 g/mol. The minimum atomic E-state index is -0.173. The Morgan fingerprint density at radius 2 is 1.81 bits per heavy atom. The molecule has 2 N–H and O–H groups in total. The van der Waals surface area contributed by atoms with Crippen LogP contribution in [-0.2, 0) is 4.79 Å². The fourth-order valence-corrected chi connectivity index (χ4v) is 2.15. The molecule has 138 valence electrons. The van der Waals surface area contributed by atoms with Gasteiger partial charge in [-0.3, -0.25) is 4.79 Å². The second-order valence-corrected chi connectivity index (χ2v) is 5.20. The molecule has 7 heteroatoms. The van der Waals surface area contributed by atoms with E-state index in [4.69, 9.17) is 9.47 Å². The summed E-state index contributed by atoms with van der Waals surface area (Å²) < 4.78 is 11.1. The predicted molar refractivity (Wildman–Crippen MR) is 101 cm³/mol. The van der Waals surface area contributed by atoms with Crippen molar-refractivity contribution in [2.24, 2.45) is 0 Å². The van der Waals surface area contributed by atoms with Crippen LogP contribution in [0.3, 0.4) is 0 Å². The zero-order chi connectivity index (χ0) is 18.6. The molecule has 7 nitrogen and oxygen atoms in total. The molecule has 0 saturated carbocycles. The van der Waals surface area contributed by atoms with E-state index in [1.807, 2.05) is 32.0 Å². The molecule has 0 aliphatic rings. The van der Waals surface area contributed by atoms with Crippen LogP contribution >= 0.6 is 0 Å². The number of carbonyl (C=O) groups is 1. The maximum Gasteiger partial charge on any atom is 0.244 e. The van der Waals surface area contributed by atoms with E-state index in [0.717, 1.165) is 5.56 Å². The molecular weight excluding hydrogens is 332 g/mol. The van der Waals surface area contributed by atoms with Crippen molar-refractivity contribution in [2.75, 3.05) is 31.6 Å². The van der Waals surface area contributed by atoms with E-state index in [-0.39, 0.29) is 5.91 Å². The number of hydrogen-bond donors (Lipinski definition) is 2. The maximum absolute atomic E-state index is 11.9. The van der Waals surface area contributed by atoms with Crippen LogP contribution in [-0.4, -0.2) is 42.2 Å². The molecule has 1 amide bonds. The first-order chi connectivity index (χ1) is 12.7. The third-order valence-electron chi connectivity index (χ3n) is 3.27. The summed E-state index contributed by atoms with van der Waals surface area (Å²) in [6.07, 6.45) is 6.54. The lowest BCUT2D eigenvalue weighted by Crippen LogP contribution is -2.27. The number of aromatic nitrogens is 2. The summed E-state index contributed by atoms with van der Waals surface area (Å²) in [5.41, 5.74) is 0.864. The minimum Gasteiger partial charge on any atom is -0.490 e. The Morgan fingerprint density at radius 3 is 2.54 bits per heavy atom. The van der Waals surface area contributed by atoms with E-state index in [9.17, 15) is 4.79 Å². The van der Waals surface area contributed by atoms with Crippen LogP contribution in [0.1, 0.15) is 19.4 Å². The lowest BCUT2D eigenvalue weighted by Gasteiger charge is -2.11. The van der Waals surface area contributed by atoms with Crippen LogP contribution in [0, 0.1) is 0 Å². The van der Waals surface area contributed by atoms with Crippen LogP contribution < -0.4 is 20.1 Å². The number of rotatable bonds is 10. The van der Waals surface area contributed by atoms with Crippen molar-refractivity contribution < 1.29 is 14.3 Å². The smallest absolute Gasteiger partial charge is 0.244 e. The van der Waals surface area contributed by atoms with E-state index in [1.165, 1.54) is 6.08 Å². The van der Waals surface area contributed by atoms with Gasteiger partial charge in [-0.15, -0.1) is 0 Å². The summed E-state index contributed by atoms with van der Waals surface area (Å²) in [6, 6.07) is 7.32. The van der Waals surface area contributed by atoms with Crippen LogP contribution in [0.5, 0.6) is 11.5 Å². The average molecular weight is 356 g/mol. The standard InChI is InChI=1S/C19H24N4O3/c1-3-25-16-8-6-15(14-17(16)26-4-2)7-9-18(24)20-12-13-23-19-21-10-5-11-22-19/h5-11,14H,3-4,12-13H2,1-2H3,(H,20,24)(H,21,22,23). The van der Waals surface area contributed by atoms with Crippen LogP contribution in [0.25, 0.3) is 6.08 Å². The Morgan fingerprint density at radius 1 is 1.08 bits per heavy atom. The first-order valence-electron chi connectivity index (χ1n) is 8.59. The maximum atomic E-state index is 11.9. The Bertz CT molecular complexity index is 720. The summed E-state index contributed by atoms with van der Waals surface area (Å²) in [6.45, 7) is 5.97. The second-order valence-electron chi connectivity index (χ2n) is 5.20. The van der Waals surface area contributed by atoms with Gasteiger partial charge in [0.1, 0.15) is 0 Å². The normalized spacial score (nSPS) is 10.5. The Labute approximate surface area is 153 Å². The zero-order valence-corrected chi connectivity index (χ0v) is 15.1. The highest BCUT2D eigenvalue weighted by Gasteiger charge is 2.05. The molecule has 0 spiro atoms. The number of anilines is 1. The molecule has 0 aliphatic heterocycles. The third-order valence-corrected chi connectivity index (χ3v) is 3.27. The first kappa shape index (κ1) is 19.2. The Balaban J connectivity index is 1.82. The molecule has 0 aliphatic carbocycles. The number of nitrogens with one attached hydrogen (secondary N) is 2. The van der Waals surface area contributed by atoms with Gasteiger partial charge in [-0.05, 0) is 43.7 Å². The summed E-state index contributed by atoms with van der Waals surface area (Å²) in [5.74, 6) is 1.73. The molecule has 1 aromatic carbocycles. The fraction of sp³-hybridized carbons (Fsp3) is 0.316. The summed E-state index contributed by atoms with van der Waals surface area (Å²) in [4.78, 5) is 20.0. The highest BCUT2D eigenvalue weighted by Crippen LogP contribution is 2.28. The SMILES string of the molecule is CCOc1ccc(C=CC(=O)NCCNc2ncccn2)cc1OCC. The van der Waals surface area contributed by atoms with E-state index in [2.05, 4.69) is 20.6 Å². The van der Waals surface area contributed by atoms with E-state index in [0.29, 0.717) is 43.8 Å². The Hall–Kier alpha value is -3.09. The van der Waals surface area contributed by atoms with Crippen molar-refractivity contribution in [3.63, 3.8) is 0 Å². The van der Waals surface area contributed by atoms with Gasteiger partial charge in [0, 0.05) is 31.6 Å². The van der Waals surface area contributed by atoms with E-state index >= 15 is 0 Å². The highest BCUT2D eigenvalue weighted by molar-refractivity contribution is 5.91. The topological polar surface area (TPSA) is 85.4 Å². The van der Waals surface area contributed by atoms with E-state index in [1.54, 1.807) is 24.5 Å². The van der Waals surface area contributed by atoms with Crippen molar-refractivity contribution in [1.29, 1.82) is 0 Å². The van der Waals surface area contributed by atoms with Gasteiger partial charge in [-0.25, -0.2) is 9.97 Å². The first-order valence-corrected chi connectivity index (χ1v) is 8.59. The van der Waals surface area contributed by atoms with Gasteiger partial charge in [0.05, 0.1) is 13.2 Å². The molecule has 0 atom stereocenters. The van der Waals surface area contributed by atoms with Gasteiger partial charge in [0.2, 0.25) is 11.9 Å². The van der Waals surface area contributed by atoms with Crippen molar-refractivity contribution in [1.82, 2.24) is 15.3 Å². The third kappa shape index (κ3) is 6.43. The van der Waals surface area contributed by atoms with Gasteiger partial charge in [0.25, 0.3) is 0 Å². The number of carbonyl (C=O) groups excluding carboxylic acids is 1. The lowest BCUT2D eigenvalue weighted by molar-refractivity contribution is -0.116. The largest absolute Gasteiger partial charge is 0.490 e. The van der Waals surface area contributed by atoms with Crippen LogP contribution in [0.4, 0.5) is 5.95 Å².